The van der Waals surface area contributed by atoms with Crippen molar-refractivity contribution in [2.24, 2.45) is 5.73 Å². The molecule has 0 aliphatic rings. The number of thioether (sulfide) groups is 1. The Morgan fingerprint density at radius 3 is 2.14 bits per heavy atom. The molecule has 0 saturated carbocycles. The summed E-state index contributed by atoms with van der Waals surface area (Å²) in [5.74, 6) is -4.58. The number of rotatable bonds is 16. The van der Waals surface area contributed by atoms with Gasteiger partial charge in [0, 0.05) is 24.7 Å². The lowest BCUT2D eigenvalue weighted by atomic mass is 10.1. The quantitative estimate of drug-likeness (QED) is 0.117. The topological polar surface area (TPSA) is 237 Å². The lowest BCUT2D eigenvalue weighted by molar-refractivity contribution is -0.143. The Labute approximate surface area is 205 Å². The van der Waals surface area contributed by atoms with Crippen molar-refractivity contribution in [2.45, 2.75) is 62.9 Å². The van der Waals surface area contributed by atoms with E-state index in [-0.39, 0.29) is 19.3 Å². The van der Waals surface area contributed by atoms with Gasteiger partial charge in [0.1, 0.15) is 24.2 Å². The zero-order chi connectivity index (χ0) is 26.5. The lowest BCUT2D eigenvalue weighted by Crippen LogP contribution is -2.58. The Balaban J connectivity index is 3.06. The summed E-state index contributed by atoms with van der Waals surface area (Å²) in [4.78, 5) is 67.3. The Bertz CT molecular complexity index is 866. The molecule has 1 rings (SSSR count). The summed E-state index contributed by atoms with van der Waals surface area (Å²) in [6, 6.07) is -5.21. The molecule has 9 N–H and O–H groups in total. The molecule has 0 radical (unpaired) electrons. The number of hydrogen-bond donors (Lipinski definition) is 8. The highest BCUT2D eigenvalue weighted by atomic mass is 32.2. The van der Waals surface area contributed by atoms with Gasteiger partial charge in [0.25, 0.3) is 0 Å². The number of imidazole rings is 1. The van der Waals surface area contributed by atoms with Crippen LogP contribution in [0.1, 0.15) is 31.9 Å². The van der Waals surface area contributed by atoms with Gasteiger partial charge in [-0.25, -0.2) is 9.78 Å². The number of hydrogen-bond acceptors (Lipinski definition) is 9. The maximum atomic E-state index is 13.0. The predicted molar refractivity (Wildman–Crippen MR) is 125 cm³/mol. The fraction of sp³-hybridized carbons (Fsp3) is 0.600. The van der Waals surface area contributed by atoms with Gasteiger partial charge < -0.3 is 42.0 Å². The summed E-state index contributed by atoms with van der Waals surface area (Å²) in [5.41, 5.74) is 6.10. The van der Waals surface area contributed by atoms with Crippen LogP contribution in [0.25, 0.3) is 0 Å². The van der Waals surface area contributed by atoms with E-state index < -0.39 is 66.4 Å². The second-order valence-electron chi connectivity index (χ2n) is 7.78. The van der Waals surface area contributed by atoms with Crippen molar-refractivity contribution in [3.8, 4) is 0 Å². The van der Waals surface area contributed by atoms with Crippen molar-refractivity contribution in [1.29, 1.82) is 0 Å². The van der Waals surface area contributed by atoms with E-state index in [4.69, 9.17) is 10.8 Å². The van der Waals surface area contributed by atoms with Crippen LogP contribution in [0.2, 0.25) is 0 Å². The van der Waals surface area contributed by atoms with Gasteiger partial charge in [-0.3, -0.25) is 19.2 Å². The molecule has 5 unspecified atom stereocenters. The Kier molecular flexibility index (Phi) is 12.8. The predicted octanol–water partition coefficient (Wildman–Crippen LogP) is -2.18. The molecule has 0 fully saturated rings. The molecular formula is C20H32N6O8S. The number of nitrogens with one attached hydrogen (secondary N) is 4. The van der Waals surface area contributed by atoms with Crippen molar-refractivity contribution in [3.05, 3.63) is 18.2 Å². The van der Waals surface area contributed by atoms with E-state index in [2.05, 4.69) is 25.9 Å². The van der Waals surface area contributed by atoms with Gasteiger partial charge in [-0.15, -0.1) is 0 Å². The largest absolute Gasteiger partial charge is 0.481 e. The number of aliphatic hydroxyl groups is 1. The molecule has 5 atom stereocenters. The highest BCUT2D eigenvalue weighted by Gasteiger charge is 2.31. The first-order valence-corrected chi connectivity index (χ1v) is 12.1. The highest BCUT2D eigenvalue weighted by molar-refractivity contribution is 7.98. The van der Waals surface area contributed by atoms with Crippen molar-refractivity contribution in [1.82, 2.24) is 25.9 Å². The normalized spacial score (nSPS) is 15.2. The number of carboxylic acid groups (broad SMARTS) is 2. The van der Waals surface area contributed by atoms with E-state index >= 15 is 0 Å². The first kappa shape index (κ1) is 29.9. The molecule has 1 heterocycles. The number of carbonyl (C=O) groups excluding carboxylic acids is 3. The molecule has 3 amide bonds. The molecule has 196 valence electrons. The second-order valence-corrected chi connectivity index (χ2v) is 8.77. The molecule has 0 aliphatic carbocycles. The van der Waals surface area contributed by atoms with Crippen LogP contribution in [0.5, 0.6) is 0 Å². The van der Waals surface area contributed by atoms with Gasteiger partial charge in [0.15, 0.2) is 0 Å². The van der Waals surface area contributed by atoms with Gasteiger partial charge in [0.05, 0.1) is 12.4 Å². The van der Waals surface area contributed by atoms with Crippen LogP contribution < -0.4 is 21.7 Å². The van der Waals surface area contributed by atoms with Gasteiger partial charge in [0.2, 0.25) is 17.7 Å². The van der Waals surface area contributed by atoms with Crippen LogP contribution in [0.3, 0.4) is 0 Å². The number of aliphatic carboxylic acids is 2. The minimum Gasteiger partial charge on any atom is -0.481 e. The van der Waals surface area contributed by atoms with Crippen LogP contribution in [-0.4, -0.2) is 97.2 Å². The average molecular weight is 517 g/mol. The maximum absolute atomic E-state index is 13.0. The van der Waals surface area contributed by atoms with Crippen LogP contribution in [0.15, 0.2) is 12.5 Å². The zero-order valence-electron chi connectivity index (χ0n) is 19.4. The number of amides is 3. The maximum Gasteiger partial charge on any atom is 0.326 e. The second kappa shape index (κ2) is 15.0. The lowest BCUT2D eigenvalue weighted by Gasteiger charge is -2.25. The average Bonchev–Trinajstić information content (AvgIpc) is 3.30. The zero-order valence-corrected chi connectivity index (χ0v) is 20.2. The van der Waals surface area contributed by atoms with Gasteiger partial charge in [-0.05, 0) is 31.8 Å². The first-order chi connectivity index (χ1) is 16.5. The molecule has 14 nitrogen and oxygen atoms in total. The van der Waals surface area contributed by atoms with Crippen molar-refractivity contribution < 1.29 is 39.3 Å². The van der Waals surface area contributed by atoms with E-state index in [1.807, 2.05) is 0 Å². The third-order valence-corrected chi connectivity index (χ3v) is 5.58. The summed E-state index contributed by atoms with van der Waals surface area (Å²) >= 11 is 1.38. The third-order valence-electron chi connectivity index (χ3n) is 4.94. The summed E-state index contributed by atoms with van der Waals surface area (Å²) in [5, 5.41) is 35.1. The van der Waals surface area contributed by atoms with Crippen LogP contribution >= 0.6 is 11.8 Å². The van der Waals surface area contributed by atoms with E-state index in [1.165, 1.54) is 31.2 Å². The van der Waals surface area contributed by atoms with Crippen molar-refractivity contribution >= 4 is 41.4 Å². The van der Waals surface area contributed by atoms with E-state index in [1.54, 1.807) is 6.26 Å². The van der Waals surface area contributed by atoms with Gasteiger partial charge in [-0.2, -0.15) is 11.8 Å². The Hall–Kier alpha value is -3.17. The minimum absolute atomic E-state index is 0.0805. The fourth-order valence-corrected chi connectivity index (χ4v) is 3.36. The summed E-state index contributed by atoms with van der Waals surface area (Å²) < 4.78 is 0. The minimum atomic E-state index is -1.39. The molecule has 15 heteroatoms. The van der Waals surface area contributed by atoms with Crippen LogP contribution in [0, 0.1) is 0 Å². The number of aromatic nitrogens is 2. The Morgan fingerprint density at radius 2 is 1.63 bits per heavy atom. The van der Waals surface area contributed by atoms with Crippen molar-refractivity contribution in [3.63, 3.8) is 0 Å². The Morgan fingerprint density at radius 1 is 1.03 bits per heavy atom. The molecular weight excluding hydrogens is 484 g/mol. The SMILES string of the molecule is CSCCC(NC(=O)C(CCC(=O)O)NC(=O)C(Cc1cnc[nH]1)NC(=O)C(N)C(C)O)C(=O)O. The number of aliphatic hydroxyl groups excluding tert-OH is 1. The molecule has 0 aromatic carbocycles. The summed E-state index contributed by atoms with van der Waals surface area (Å²) in [7, 11) is 0. The van der Waals surface area contributed by atoms with Crippen molar-refractivity contribution in [2.75, 3.05) is 12.0 Å². The molecule has 1 aromatic rings. The molecule has 0 spiro atoms. The van der Waals surface area contributed by atoms with Crippen LogP contribution in [-0.2, 0) is 30.4 Å². The number of nitrogens with two attached hydrogens (primary N) is 1. The standard InChI is InChI=1S/C20H32N6O8S/c1-10(27)16(21)19(32)26-14(7-11-8-22-9-23-11)18(31)24-12(3-4-15(28)29)17(30)25-13(20(33)34)5-6-35-2/h8-10,12-14,16,27H,3-7,21H2,1-2H3,(H,22,23)(H,24,31)(H,25,30)(H,26,32)(H,28,29)(H,33,34). The van der Waals surface area contributed by atoms with E-state index in [0.717, 1.165) is 0 Å². The summed E-state index contributed by atoms with van der Waals surface area (Å²) in [6.07, 6.45) is 2.59. The monoisotopic (exact) mass is 516 g/mol. The van der Waals surface area contributed by atoms with Crippen LogP contribution in [0.4, 0.5) is 0 Å². The van der Waals surface area contributed by atoms with E-state index in [0.29, 0.717) is 11.4 Å². The molecule has 0 bridgehead atoms. The number of aromatic amines is 1. The number of carboxylic acids is 2. The van der Waals surface area contributed by atoms with Gasteiger partial charge in [-0.1, -0.05) is 0 Å². The highest BCUT2D eigenvalue weighted by Crippen LogP contribution is 2.06. The van der Waals surface area contributed by atoms with Gasteiger partial charge >= 0.3 is 11.9 Å². The smallest absolute Gasteiger partial charge is 0.326 e. The van der Waals surface area contributed by atoms with E-state index in [9.17, 15) is 34.2 Å². The number of H-pyrrole nitrogens is 1. The molecule has 1 aromatic heterocycles. The molecule has 35 heavy (non-hydrogen) atoms. The third kappa shape index (κ3) is 10.7. The summed E-state index contributed by atoms with van der Waals surface area (Å²) in [6.45, 7) is 1.30. The molecule has 0 aliphatic heterocycles. The first-order valence-electron chi connectivity index (χ1n) is 10.7. The fourth-order valence-electron chi connectivity index (χ4n) is 2.89. The number of nitrogens with zero attached hydrogens (tertiary/aromatic N) is 1. The number of carbonyl (C=O) groups is 5. The molecule has 0 saturated heterocycles.